The molecule has 4 N–H and O–H groups in total. The molecule has 2 atom stereocenters. The van der Waals surface area contributed by atoms with Gasteiger partial charge in [-0.1, -0.05) is 12.5 Å². The van der Waals surface area contributed by atoms with Crippen molar-refractivity contribution >= 4 is 35.6 Å². The van der Waals surface area contributed by atoms with Gasteiger partial charge in [0.1, 0.15) is 0 Å². The fourth-order valence-electron chi connectivity index (χ4n) is 2.85. The van der Waals surface area contributed by atoms with Gasteiger partial charge in [-0.05, 0) is 43.4 Å². The average molecular weight is 326 g/mol. The van der Waals surface area contributed by atoms with Gasteiger partial charge in [-0.2, -0.15) is 0 Å². The first kappa shape index (κ1) is 18.5. The molecule has 1 aliphatic rings. The number of nitrogens with two attached hydrogens (primary N) is 1. The second-order valence-corrected chi connectivity index (χ2v) is 5.77. The molecule has 0 unspecified atom stereocenters. The molecule has 1 fully saturated rings. The molecule has 0 bridgehead atoms. The third-order valence-corrected chi connectivity index (χ3v) is 4.08. The Morgan fingerprint density at radius 1 is 1.23 bits per heavy atom. The Morgan fingerprint density at radius 2 is 1.86 bits per heavy atom. The van der Waals surface area contributed by atoms with E-state index in [1.165, 1.54) is 6.92 Å². The first-order valence-electron chi connectivity index (χ1n) is 7.40. The molecule has 1 aliphatic carbocycles. The molecule has 0 saturated heterocycles. The van der Waals surface area contributed by atoms with Gasteiger partial charge < -0.3 is 16.4 Å². The van der Waals surface area contributed by atoms with Crippen LogP contribution in [0.1, 0.15) is 38.2 Å². The zero-order valence-electron chi connectivity index (χ0n) is 13.0. The molecule has 22 heavy (non-hydrogen) atoms. The van der Waals surface area contributed by atoms with Crippen LogP contribution < -0.4 is 16.4 Å². The van der Waals surface area contributed by atoms with Crippen molar-refractivity contribution in [1.82, 2.24) is 0 Å². The third-order valence-electron chi connectivity index (χ3n) is 4.08. The van der Waals surface area contributed by atoms with Crippen molar-refractivity contribution in [3.05, 3.63) is 23.8 Å². The minimum absolute atomic E-state index is 0. The third kappa shape index (κ3) is 4.71. The van der Waals surface area contributed by atoms with Crippen LogP contribution in [0.25, 0.3) is 0 Å². The number of benzene rings is 1. The van der Waals surface area contributed by atoms with Gasteiger partial charge in [-0.25, -0.2) is 0 Å². The molecule has 0 heterocycles. The summed E-state index contributed by atoms with van der Waals surface area (Å²) in [7, 11) is 0. The molecular formula is C16H24ClN3O2. The molecule has 1 saturated carbocycles. The second kappa shape index (κ2) is 8.15. The van der Waals surface area contributed by atoms with Gasteiger partial charge in [0, 0.05) is 30.8 Å². The van der Waals surface area contributed by atoms with E-state index in [0.717, 1.165) is 36.2 Å². The second-order valence-electron chi connectivity index (χ2n) is 5.77. The van der Waals surface area contributed by atoms with E-state index in [-0.39, 0.29) is 36.2 Å². The Bertz CT molecular complexity index is 548. The van der Waals surface area contributed by atoms with E-state index in [1.807, 2.05) is 25.1 Å². The van der Waals surface area contributed by atoms with Gasteiger partial charge in [0.2, 0.25) is 11.8 Å². The molecule has 0 radical (unpaired) electrons. The number of carbonyl (C=O) groups is 2. The van der Waals surface area contributed by atoms with Crippen molar-refractivity contribution < 1.29 is 9.59 Å². The maximum absolute atomic E-state index is 12.1. The summed E-state index contributed by atoms with van der Waals surface area (Å²) in [5, 5.41) is 5.68. The molecule has 6 heteroatoms. The van der Waals surface area contributed by atoms with Crippen LogP contribution in [0.3, 0.4) is 0 Å². The fourth-order valence-corrected chi connectivity index (χ4v) is 2.85. The number of hydrogen-bond acceptors (Lipinski definition) is 3. The molecule has 0 aromatic heterocycles. The van der Waals surface area contributed by atoms with Gasteiger partial charge in [-0.3, -0.25) is 9.59 Å². The van der Waals surface area contributed by atoms with Gasteiger partial charge in [0.25, 0.3) is 0 Å². The minimum atomic E-state index is -0.126. The number of carbonyl (C=O) groups excluding carboxylic acids is 2. The highest BCUT2D eigenvalue weighted by molar-refractivity contribution is 5.95. The molecule has 2 rings (SSSR count). The van der Waals surface area contributed by atoms with Gasteiger partial charge in [0.05, 0.1) is 0 Å². The van der Waals surface area contributed by atoms with E-state index in [4.69, 9.17) is 5.73 Å². The lowest BCUT2D eigenvalue weighted by Crippen LogP contribution is -2.28. The van der Waals surface area contributed by atoms with E-state index in [2.05, 4.69) is 10.6 Å². The summed E-state index contributed by atoms with van der Waals surface area (Å²) in [6.07, 6.45) is 3.61. The summed E-state index contributed by atoms with van der Waals surface area (Å²) >= 11 is 0. The molecular weight excluding hydrogens is 302 g/mol. The highest BCUT2D eigenvalue weighted by atomic mass is 35.5. The highest BCUT2D eigenvalue weighted by Crippen LogP contribution is 2.28. The van der Waals surface area contributed by atoms with Crippen molar-refractivity contribution in [2.75, 3.05) is 10.6 Å². The van der Waals surface area contributed by atoms with Gasteiger partial charge >= 0.3 is 0 Å². The van der Waals surface area contributed by atoms with E-state index in [0.29, 0.717) is 6.42 Å². The van der Waals surface area contributed by atoms with Crippen molar-refractivity contribution in [3.8, 4) is 0 Å². The Balaban J connectivity index is 0.00000242. The summed E-state index contributed by atoms with van der Waals surface area (Å²) < 4.78 is 0. The number of anilines is 2. The summed E-state index contributed by atoms with van der Waals surface area (Å²) in [4.78, 5) is 23.3. The standard InChI is InChI=1S/C16H23N3O2.ClH/c1-10-14(18-11(2)20)7-4-8-15(10)19-16(21)9-12-5-3-6-13(12)17;/h4,7-8,12-13H,3,5-6,9,17H2,1-2H3,(H,18,20)(H,19,21);1H/t12-,13+;/m0./s1. The monoisotopic (exact) mass is 325 g/mol. The van der Waals surface area contributed by atoms with E-state index >= 15 is 0 Å². The lowest BCUT2D eigenvalue weighted by atomic mass is 9.99. The zero-order valence-corrected chi connectivity index (χ0v) is 13.8. The molecule has 0 aliphatic heterocycles. The number of halogens is 1. The van der Waals surface area contributed by atoms with E-state index < -0.39 is 0 Å². The van der Waals surface area contributed by atoms with Crippen LogP contribution in [0.4, 0.5) is 11.4 Å². The zero-order chi connectivity index (χ0) is 15.4. The summed E-state index contributed by atoms with van der Waals surface area (Å²) in [5.41, 5.74) is 8.31. The Morgan fingerprint density at radius 3 is 2.41 bits per heavy atom. The highest BCUT2D eigenvalue weighted by Gasteiger charge is 2.26. The lowest BCUT2D eigenvalue weighted by molar-refractivity contribution is -0.117. The van der Waals surface area contributed by atoms with Crippen molar-refractivity contribution in [1.29, 1.82) is 0 Å². The van der Waals surface area contributed by atoms with Gasteiger partial charge in [-0.15, -0.1) is 12.4 Å². The van der Waals surface area contributed by atoms with Crippen molar-refractivity contribution in [3.63, 3.8) is 0 Å². The molecule has 5 nitrogen and oxygen atoms in total. The Labute approximate surface area is 137 Å². The maximum atomic E-state index is 12.1. The maximum Gasteiger partial charge on any atom is 0.224 e. The summed E-state index contributed by atoms with van der Waals surface area (Å²) in [5.74, 6) is 0.141. The van der Waals surface area contributed by atoms with Crippen LogP contribution in [-0.2, 0) is 9.59 Å². The SMILES string of the molecule is CC(=O)Nc1cccc(NC(=O)C[C@@H]2CCC[C@H]2N)c1C.Cl. The van der Waals surface area contributed by atoms with Crippen molar-refractivity contribution in [2.45, 2.75) is 45.6 Å². The fraction of sp³-hybridized carbons (Fsp3) is 0.500. The first-order chi connectivity index (χ1) is 9.97. The quantitative estimate of drug-likeness (QED) is 0.795. The molecule has 1 aromatic carbocycles. The Hall–Kier alpha value is -1.59. The largest absolute Gasteiger partial charge is 0.327 e. The molecule has 0 spiro atoms. The van der Waals surface area contributed by atoms with E-state index in [9.17, 15) is 9.59 Å². The number of nitrogens with one attached hydrogen (secondary N) is 2. The van der Waals surface area contributed by atoms with Crippen LogP contribution in [0.5, 0.6) is 0 Å². The van der Waals surface area contributed by atoms with Crippen LogP contribution in [0.2, 0.25) is 0 Å². The molecule has 122 valence electrons. The predicted octanol–water partition coefficient (Wildman–Crippen LogP) is 2.83. The lowest BCUT2D eigenvalue weighted by Gasteiger charge is -2.16. The van der Waals surface area contributed by atoms with Crippen LogP contribution in [0, 0.1) is 12.8 Å². The van der Waals surface area contributed by atoms with Crippen LogP contribution in [0.15, 0.2) is 18.2 Å². The summed E-state index contributed by atoms with van der Waals surface area (Å²) in [6.45, 7) is 3.34. The summed E-state index contributed by atoms with van der Waals surface area (Å²) in [6, 6.07) is 5.62. The topological polar surface area (TPSA) is 84.2 Å². The van der Waals surface area contributed by atoms with Crippen LogP contribution >= 0.6 is 12.4 Å². The normalized spacial score (nSPS) is 20.1. The number of hydrogen-bond donors (Lipinski definition) is 3. The van der Waals surface area contributed by atoms with Gasteiger partial charge in [0.15, 0.2) is 0 Å². The van der Waals surface area contributed by atoms with Crippen LogP contribution in [-0.4, -0.2) is 17.9 Å². The first-order valence-corrected chi connectivity index (χ1v) is 7.40. The smallest absolute Gasteiger partial charge is 0.224 e. The predicted molar refractivity (Wildman–Crippen MR) is 91.3 cm³/mol. The van der Waals surface area contributed by atoms with Crippen molar-refractivity contribution in [2.24, 2.45) is 11.7 Å². The average Bonchev–Trinajstić information content (AvgIpc) is 2.79. The number of rotatable bonds is 4. The molecule has 2 amide bonds. The van der Waals surface area contributed by atoms with E-state index in [1.54, 1.807) is 0 Å². The molecule has 1 aromatic rings. The number of amides is 2. The minimum Gasteiger partial charge on any atom is -0.327 e. The Kier molecular flexibility index (Phi) is 6.84.